The van der Waals surface area contributed by atoms with E-state index in [0.717, 1.165) is 16.3 Å². The maximum atomic E-state index is 11.9. The maximum absolute atomic E-state index is 11.9. The van der Waals surface area contributed by atoms with Crippen LogP contribution in [0, 0.1) is 6.92 Å². The van der Waals surface area contributed by atoms with Crippen LogP contribution in [-0.2, 0) is 9.53 Å². The largest absolute Gasteiger partial charge is 0.451 e. The number of hydrogen-bond donors (Lipinski definition) is 1. The van der Waals surface area contributed by atoms with Gasteiger partial charge in [0.15, 0.2) is 6.61 Å². The molecule has 1 amide bonds. The molecule has 1 N–H and O–H groups in total. The highest BCUT2D eigenvalue weighted by atomic mass is 32.1. The molecule has 0 bridgehead atoms. The fraction of sp³-hybridized carbons (Fsp3) is 0.111. The molecular formula is C18H15NO3S. The molecule has 0 atom stereocenters. The zero-order chi connectivity index (χ0) is 16.2. The van der Waals surface area contributed by atoms with Crippen LogP contribution in [0.3, 0.4) is 0 Å². The van der Waals surface area contributed by atoms with Crippen LogP contribution < -0.4 is 5.32 Å². The molecule has 3 rings (SSSR count). The zero-order valence-electron chi connectivity index (χ0n) is 12.5. The van der Waals surface area contributed by atoms with Gasteiger partial charge in [0.05, 0.1) is 0 Å². The Morgan fingerprint density at radius 1 is 1.09 bits per heavy atom. The smallest absolute Gasteiger partial charge is 0.349 e. The van der Waals surface area contributed by atoms with E-state index in [1.165, 1.54) is 11.3 Å². The number of carbonyl (C=O) groups is 2. The SMILES string of the molecule is Cc1ccsc1C(=O)OCC(=O)Nc1ccc2ccccc2c1. The van der Waals surface area contributed by atoms with Gasteiger partial charge < -0.3 is 10.1 Å². The Bertz CT molecular complexity index is 869. The van der Waals surface area contributed by atoms with Crippen LogP contribution in [0.25, 0.3) is 10.8 Å². The number of nitrogens with one attached hydrogen (secondary N) is 1. The van der Waals surface area contributed by atoms with E-state index >= 15 is 0 Å². The summed E-state index contributed by atoms with van der Waals surface area (Å²) in [6.45, 7) is 1.53. The van der Waals surface area contributed by atoms with Crippen LogP contribution in [0.2, 0.25) is 0 Å². The second kappa shape index (κ2) is 6.62. The lowest BCUT2D eigenvalue weighted by atomic mass is 10.1. The van der Waals surface area contributed by atoms with Crippen molar-refractivity contribution in [1.29, 1.82) is 0 Å². The van der Waals surface area contributed by atoms with E-state index < -0.39 is 5.97 Å². The number of rotatable bonds is 4. The van der Waals surface area contributed by atoms with Crippen molar-refractivity contribution in [2.75, 3.05) is 11.9 Å². The average Bonchev–Trinajstić information content (AvgIpc) is 2.98. The predicted molar refractivity (Wildman–Crippen MR) is 91.9 cm³/mol. The Morgan fingerprint density at radius 2 is 1.87 bits per heavy atom. The molecule has 116 valence electrons. The fourth-order valence-electron chi connectivity index (χ4n) is 2.24. The normalized spacial score (nSPS) is 10.5. The van der Waals surface area contributed by atoms with Crippen molar-refractivity contribution in [3.8, 4) is 0 Å². The van der Waals surface area contributed by atoms with Gasteiger partial charge in [0, 0.05) is 5.69 Å². The van der Waals surface area contributed by atoms with Crippen LogP contribution in [0.5, 0.6) is 0 Å². The first kappa shape index (κ1) is 15.2. The highest BCUT2D eigenvalue weighted by molar-refractivity contribution is 7.12. The minimum atomic E-state index is -0.467. The van der Waals surface area contributed by atoms with Gasteiger partial charge in [-0.15, -0.1) is 11.3 Å². The number of amides is 1. The van der Waals surface area contributed by atoms with E-state index in [9.17, 15) is 9.59 Å². The lowest BCUT2D eigenvalue weighted by Gasteiger charge is -2.07. The van der Waals surface area contributed by atoms with E-state index in [0.29, 0.717) is 10.6 Å². The summed E-state index contributed by atoms with van der Waals surface area (Å²) in [6.07, 6.45) is 0. The molecule has 23 heavy (non-hydrogen) atoms. The minimum absolute atomic E-state index is 0.303. The number of thiophene rings is 1. The van der Waals surface area contributed by atoms with E-state index in [-0.39, 0.29) is 12.5 Å². The molecule has 0 saturated carbocycles. The summed E-state index contributed by atoms with van der Waals surface area (Å²) in [5, 5.41) is 6.70. The molecule has 0 fully saturated rings. The molecular weight excluding hydrogens is 310 g/mol. The monoisotopic (exact) mass is 325 g/mol. The van der Waals surface area contributed by atoms with Crippen LogP contribution in [-0.4, -0.2) is 18.5 Å². The summed E-state index contributed by atoms with van der Waals surface area (Å²) in [5.41, 5.74) is 1.53. The van der Waals surface area contributed by atoms with Crippen LogP contribution in [0.1, 0.15) is 15.2 Å². The second-order valence-electron chi connectivity index (χ2n) is 5.12. The van der Waals surface area contributed by atoms with Crippen LogP contribution in [0.15, 0.2) is 53.9 Å². The third-order valence-corrected chi connectivity index (χ3v) is 4.41. The number of carbonyl (C=O) groups excluding carboxylic acids is 2. The van der Waals surface area contributed by atoms with Crippen molar-refractivity contribution in [3.63, 3.8) is 0 Å². The van der Waals surface area contributed by atoms with Gasteiger partial charge in [-0.05, 0) is 46.8 Å². The van der Waals surface area contributed by atoms with Gasteiger partial charge in [0.1, 0.15) is 4.88 Å². The van der Waals surface area contributed by atoms with E-state index in [1.54, 1.807) is 0 Å². The first-order valence-corrected chi connectivity index (χ1v) is 8.01. The van der Waals surface area contributed by atoms with Gasteiger partial charge >= 0.3 is 5.97 Å². The van der Waals surface area contributed by atoms with Crippen molar-refractivity contribution >= 4 is 39.7 Å². The molecule has 0 saturated heterocycles. The third kappa shape index (κ3) is 3.57. The van der Waals surface area contributed by atoms with Gasteiger partial charge in [0.2, 0.25) is 0 Å². The number of hydrogen-bond acceptors (Lipinski definition) is 4. The van der Waals surface area contributed by atoms with Gasteiger partial charge in [-0.25, -0.2) is 4.79 Å². The second-order valence-corrected chi connectivity index (χ2v) is 6.04. The lowest BCUT2D eigenvalue weighted by Crippen LogP contribution is -2.20. The van der Waals surface area contributed by atoms with Crippen LogP contribution >= 0.6 is 11.3 Å². The first-order valence-electron chi connectivity index (χ1n) is 7.13. The van der Waals surface area contributed by atoms with E-state index in [2.05, 4.69) is 5.32 Å². The van der Waals surface area contributed by atoms with Crippen molar-refractivity contribution in [2.24, 2.45) is 0 Å². The van der Waals surface area contributed by atoms with Crippen molar-refractivity contribution in [2.45, 2.75) is 6.92 Å². The van der Waals surface area contributed by atoms with Gasteiger partial charge in [-0.3, -0.25) is 4.79 Å². The van der Waals surface area contributed by atoms with Crippen molar-refractivity contribution < 1.29 is 14.3 Å². The third-order valence-electron chi connectivity index (χ3n) is 3.42. The summed E-state index contributed by atoms with van der Waals surface area (Å²) >= 11 is 1.31. The van der Waals surface area contributed by atoms with Gasteiger partial charge in [-0.2, -0.15) is 0 Å². The highest BCUT2D eigenvalue weighted by Gasteiger charge is 2.14. The molecule has 3 aromatic rings. The zero-order valence-corrected chi connectivity index (χ0v) is 13.4. The summed E-state index contributed by atoms with van der Waals surface area (Å²) < 4.78 is 5.05. The molecule has 1 aromatic heterocycles. The fourth-order valence-corrected chi connectivity index (χ4v) is 3.06. The molecule has 0 aliphatic rings. The molecule has 4 nitrogen and oxygen atoms in total. The molecule has 1 heterocycles. The summed E-state index contributed by atoms with van der Waals surface area (Å²) in [7, 11) is 0. The Kier molecular flexibility index (Phi) is 4.39. The van der Waals surface area contributed by atoms with Crippen molar-refractivity contribution in [3.05, 3.63) is 64.4 Å². The predicted octanol–water partition coefficient (Wildman–Crippen LogP) is 4.01. The Balaban J connectivity index is 1.60. The quantitative estimate of drug-likeness (QED) is 0.738. The Labute approximate surface area is 137 Å². The summed E-state index contributed by atoms with van der Waals surface area (Å²) in [4.78, 5) is 24.3. The number of benzene rings is 2. The molecule has 2 aromatic carbocycles. The number of ether oxygens (including phenoxy) is 1. The standard InChI is InChI=1S/C18H15NO3S/c1-12-8-9-23-17(12)18(21)22-11-16(20)19-15-7-6-13-4-2-3-5-14(13)10-15/h2-10H,11H2,1H3,(H,19,20). The maximum Gasteiger partial charge on any atom is 0.349 e. The summed E-state index contributed by atoms with van der Waals surface area (Å²) in [6, 6.07) is 15.4. The average molecular weight is 325 g/mol. The van der Waals surface area contributed by atoms with Crippen LogP contribution in [0.4, 0.5) is 5.69 Å². The molecule has 0 unspecified atom stereocenters. The van der Waals surface area contributed by atoms with Gasteiger partial charge in [-0.1, -0.05) is 30.3 Å². The molecule has 0 aliphatic carbocycles. The number of fused-ring (bicyclic) bond motifs is 1. The molecule has 0 radical (unpaired) electrons. The topological polar surface area (TPSA) is 55.4 Å². The Hall–Kier alpha value is -2.66. The molecule has 5 heteroatoms. The lowest BCUT2D eigenvalue weighted by molar-refractivity contribution is -0.119. The minimum Gasteiger partial charge on any atom is -0.451 e. The molecule has 0 spiro atoms. The molecule has 0 aliphatic heterocycles. The highest BCUT2D eigenvalue weighted by Crippen LogP contribution is 2.19. The summed E-state index contributed by atoms with van der Waals surface area (Å²) in [5.74, 6) is -0.825. The number of aryl methyl sites for hydroxylation is 1. The number of anilines is 1. The Morgan fingerprint density at radius 3 is 2.61 bits per heavy atom. The van der Waals surface area contributed by atoms with Gasteiger partial charge in [0.25, 0.3) is 5.91 Å². The van der Waals surface area contributed by atoms with Crippen molar-refractivity contribution in [1.82, 2.24) is 0 Å². The van der Waals surface area contributed by atoms with E-state index in [1.807, 2.05) is 60.8 Å². The van der Waals surface area contributed by atoms with E-state index in [4.69, 9.17) is 4.74 Å². The first-order chi connectivity index (χ1) is 11.1. The number of esters is 1.